The van der Waals surface area contributed by atoms with Gasteiger partial charge in [0.1, 0.15) is 18.1 Å². The molecule has 0 bridgehead atoms. The largest absolute Gasteiger partial charge is 0.486 e. The molecule has 4 aromatic rings. The Kier molecular flexibility index (Phi) is 6.09. The number of hydrogen-bond donors (Lipinski definition) is 1. The molecule has 0 fully saturated rings. The molecule has 0 radical (unpaired) electrons. The molecular formula is C24H22ClN3O3. The molecule has 0 saturated heterocycles. The van der Waals surface area contributed by atoms with Gasteiger partial charge < -0.3 is 14.5 Å². The van der Waals surface area contributed by atoms with Crippen molar-refractivity contribution in [1.29, 1.82) is 0 Å². The van der Waals surface area contributed by atoms with Gasteiger partial charge in [0.15, 0.2) is 5.76 Å². The minimum atomic E-state index is -0.322. The van der Waals surface area contributed by atoms with Crippen LogP contribution in [0.3, 0.4) is 0 Å². The van der Waals surface area contributed by atoms with Crippen molar-refractivity contribution in [2.24, 2.45) is 0 Å². The highest BCUT2D eigenvalue weighted by molar-refractivity contribution is 6.30. The van der Waals surface area contributed by atoms with Crippen LogP contribution in [-0.4, -0.2) is 15.7 Å². The summed E-state index contributed by atoms with van der Waals surface area (Å²) < 4.78 is 13.2. The summed E-state index contributed by atoms with van der Waals surface area (Å²) in [6.07, 6.45) is 0. The predicted molar refractivity (Wildman–Crippen MR) is 120 cm³/mol. The number of nitrogens with one attached hydrogen (secondary N) is 1. The van der Waals surface area contributed by atoms with Crippen molar-refractivity contribution < 1.29 is 13.9 Å². The van der Waals surface area contributed by atoms with Crippen LogP contribution >= 0.6 is 11.6 Å². The van der Waals surface area contributed by atoms with Crippen LogP contribution in [0.15, 0.2) is 71.1 Å². The van der Waals surface area contributed by atoms with Gasteiger partial charge in [-0.1, -0.05) is 29.8 Å². The summed E-state index contributed by atoms with van der Waals surface area (Å²) in [6, 6.07) is 20.2. The number of nitrogens with zero attached hydrogens (tertiary/aromatic N) is 2. The third-order valence-electron chi connectivity index (χ3n) is 4.68. The molecule has 0 unspecified atom stereocenters. The summed E-state index contributed by atoms with van der Waals surface area (Å²) in [5.74, 6) is 1.07. The van der Waals surface area contributed by atoms with Crippen LogP contribution in [0.4, 0.5) is 5.69 Å². The van der Waals surface area contributed by atoms with Gasteiger partial charge >= 0.3 is 0 Å². The van der Waals surface area contributed by atoms with Gasteiger partial charge in [0.05, 0.1) is 12.2 Å². The summed E-state index contributed by atoms with van der Waals surface area (Å²) in [5.41, 5.74) is 3.81. The number of amides is 1. The zero-order chi connectivity index (χ0) is 21.8. The van der Waals surface area contributed by atoms with E-state index in [4.69, 9.17) is 20.8 Å². The van der Waals surface area contributed by atoms with E-state index in [0.717, 1.165) is 17.0 Å². The number of carbonyl (C=O) groups is 1. The summed E-state index contributed by atoms with van der Waals surface area (Å²) in [6.45, 7) is 4.83. The van der Waals surface area contributed by atoms with E-state index in [9.17, 15) is 4.79 Å². The molecule has 0 atom stereocenters. The van der Waals surface area contributed by atoms with E-state index < -0.39 is 0 Å². The van der Waals surface area contributed by atoms with Gasteiger partial charge in [-0.15, -0.1) is 0 Å². The number of rotatable bonds is 7. The molecule has 6 nitrogen and oxygen atoms in total. The number of aromatic nitrogens is 2. The molecule has 7 heteroatoms. The molecule has 0 aliphatic heterocycles. The van der Waals surface area contributed by atoms with Gasteiger partial charge in [-0.25, -0.2) is 0 Å². The first-order valence-electron chi connectivity index (χ1n) is 9.85. The zero-order valence-corrected chi connectivity index (χ0v) is 18.0. The second kappa shape index (κ2) is 9.10. The molecule has 0 saturated carbocycles. The van der Waals surface area contributed by atoms with Crippen molar-refractivity contribution in [1.82, 2.24) is 9.78 Å². The first kappa shape index (κ1) is 20.8. The van der Waals surface area contributed by atoms with Crippen molar-refractivity contribution >= 4 is 23.2 Å². The first-order chi connectivity index (χ1) is 15.0. The van der Waals surface area contributed by atoms with Crippen LogP contribution in [0.5, 0.6) is 5.75 Å². The fourth-order valence-electron chi connectivity index (χ4n) is 3.24. The van der Waals surface area contributed by atoms with Crippen molar-refractivity contribution in [3.05, 3.63) is 100 Å². The molecule has 0 aliphatic carbocycles. The standard InChI is InChI=1S/C24H22ClN3O3/c1-16-11-17(2)28(27-16)14-18-5-3-7-20(12-18)26-24(29)23-10-9-22(31-23)15-30-21-8-4-6-19(25)13-21/h3-13H,14-15H2,1-2H3,(H,26,29). The lowest BCUT2D eigenvalue weighted by Crippen LogP contribution is -2.11. The molecule has 0 aliphatic rings. The molecule has 1 amide bonds. The van der Waals surface area contributed by atoms with Gasteiger partial charge in [0.2, 0.25) is 0 Å². The minimum Gasteiger partial charge on any atom is -0.486 e. The maximum atomic E-state index is 12.6. The summed E-state index contributed by atoms with van der Waals surface area (Å²) in [4.78, 5) is 12.6. The Hall–Kier alpha value is -3.51. The van der Waals surface area contributed by atoms with E-state index in [1.807, 2.05) is 61.0 Å². The van der Waals surface area contributed by atoms with E-state index in [1.165, 1.54) is 0 Å². The topological polar surface area (TPSA) is 69.3 Å². The number of furan rings is 1. The maximum Gasteiger partial charge on any atom is 0.291 e. The Morgan fingerprint density at radius 3 is 2.71 bits per heavy atom. The molecule has 0 spiro atoms. The SMILES string of the molecule is Cc1cc(C)n(Cc2cccc(NC(=O)c3ccc(COc4cccc(Cl)c4)o3)c2)n1. The van der Waals surface area contributed by atoms with E-state index >= 15 is 0 Å². The van der Waals surface area contributed by atoms with Gasteiger partial charge in [0.25, 0.3) is 5.91 Å². The number of hydrogen-bond acceptors (Lipinski definition) is 4. The Labute approximate surface area is 185 Å². The predicted octanol–water partition coefficient (Wildman–Crippen LogP) is 5.63. The molecule has 31 heavy (non-hydrogen) atoms. The minimum absolute atomic E-state index is 0.200. The van der Waals surface area contributed by atoms with E-state index in [0.29, 0.717) is 28.8 Å². The number of carbonyl (C=O) groups excluding carboxylic acids is 1. The Morgan fingerprint density at radius 2 is 1.94 bits per heavy atom. The smallest absolute Gasteiger partial charge is 0.291 e. The summed E-state index contributed by atoms with van der Waals surface area (Å²) >= 11 is 5.95. The first-order valence-corrected chi connectivity index (χ1v) is 10.2. The van der Waals surface area contributed by atoms with E-state index in [2.05, 4.69) is 10.4 Å². The van der Waals surface area contributed by atoms with Gasteiger partial charge in [0, 0.05) is 16.4 Å². The second-order valence-electron chi connectivity index (χ2n) is 7.25. The average Bonchev–Trinajstić information content (AvgIpc) is 3.33. The Morgan fingerprint density at radius 1 is 1.10 bits per heavy atom. The molecule has 2 aromatic heterocycles. The van der Waals surface area contributed by atoms with Crippen molar-refractivity contribution in [2.75, 3.05) is 5.32 Å². The van der Waals surface area contributed by atoms with Crippen LogP contribution in [0.2, 0.25) is 5.02 Å². The van der Waals surface area contributed by atoms with Gasteiger partial charge in [-0.3, -0.25) is 9.48 Å². The summed E-state index contributed by atoms with van der Waals surface area (Å²) in [7, 11) is 0. The van der Waals surface area contributed by atoms with E-state index in [1.54, 1.807) is 24.3 Å². The monoisotopic (exact) mass is 435 g/mol. The molecule has 4 rings (SSSR count). The lowest BCUT2D eigenvalue weighted by atomic mass is 10.2. The van der Waals surface area contributed by atoms with Crippen LogP contribution in [0.1, 0.15) is 33.3 Å². The van der Waals surface area contributed by atoms with Crippen molar-refractivity contribution in [3.63, 3.8) is 0 Å². The number of aryl methyl sites for hydroxylation is 2. The van der Waals surface area contributed by atoms with Crippen molar-refractivity contribution in [2.45, 2.75) is 27.0 Å². The van der Waals surface area contributed by atoms with Gasteiger partial charge in [-0.2, -0.15) is 5.10 Å². The molecule has 2 aromatic carbocycles. The number of halogens is 1. The highest BCUT2D eigenvalue weighted by atomic mass is 35.5. The molecular weight excluding hydrogens is 414 g/mol. The molecule has 158 valence electrons. The Bertz CT molecular complexity index is 1210. The summed E-state index contributed by atoms with van der Waals surface area (Å²) in [5, 5.41) is 7.96. The van der Waals surface area contributed by atoms with Gasteiger partial charge in [-0.05, 0) is 67.9 Å². The third kappa shape index (κ3) is 5.35. The lowest BCUT2D eigenvalue weighted by Gasteiger charge is -2.08. The van der Waals surface area contributed by atoms with Crippen LogP contribution in [-0.2, 0) is 13.2 Å². The highest BCUT2D eigenvalue weighted by Gasteiger charge is 2.13. The van der Waals surface area contributed by atoms with Crippen molar-refractivity contribution in [3.8, 4) is 5.75 Å². The van der Waals surface area contributed by atoms with Crippen LogP contribution in [0, 0.1) is 13.8 Å². The Balaban J connectivity index is 1.38. The van der Waals surface area contributed by atoms with Crippen LogP contribution in [0.25, 0.3) is 0 Å². The van der Waals surface area contributed by atoms with Crippen LogP contribution < -0.4 is 10.1 Å². The third-order valence-corrected chi connectivity index (χ3v) is 4.92. The quantitative estimate of drug-likeness (QED) is 0.408. The number of anilines is 1. The normalized spacial score (nSPS) is 10.8. The zero-order valence-electron chi connectivity index (χ0n) is 17.3. The molecule has 2 heterocycles. The van der Waals surface area contributed by atoms with E-state index in [-0.39, 0.29) is 18.3 Å². The second-order valence-corrected chi connectivity index (χ2v) is 7.69. The highest BCUT2D eigenvalue weighted by Crippen LogP contribution is 2.20. The molecule has 1 N–H and O–H groups in total. The number of ether oxygens (including phenoxy) is 1. The lowest BCUT2D eigenvalue weighted by molar-refractivity contribution is 0.0992. The number of benzene rings is 2. The average molecular weight is 436 g/mol. The fourth-order valence-corrected chi connectivity index (χ4v) is 3.42. The fraction of sp³-hybridized carbons (Fsp3) is 0.167. The maximum absolute atomic E-state index is 12.6.